The maximum atomic E-state index is 12.0. The van der Waals surface area contributed by atoms with Gasteiger partial charge in [-0.3, -0.25) is 0 Å². The minimum absolute atomic E-state index is 0.0422. The van der Waals surface area contributed by atoms with Gasteiger partial charge in [0.1, 0.15) is 0 Å². The van der Waals surface area contributed by atoms with E-state index in [4.69, 9.17) is 0 Å². The minimum Gasteiger partial charge on any atom is -0.316 e. The second-order valence-electron chi connectivity index (χ2n) is 4.12. The molecule has 1 aromatic heterocycles. The van der Waals surface area contributed by atoms with Gasteiger partial charge in [0.15, 0.2) is 0 Å². The normalized spacial score (nSPS) is 21.2. The lowest BCUT2D eigenvalue weighted by Gasteiger charge is -2.08. The Kier molecular flexibility index (Phi) is 3.20. The summed E-state index contributed by atoms with van der Waals surface area (Å²) >= 11 is 0. The van der Waals surface area contributed by atoms with Crippen LogP contribution in [0.15, 0.2) is 17.4 Å². The van der Waals surface area contributed by atoms with Crippen molar-refractivity contribution in [3.8, 4) is 0 Å². The molecule has 5 nitrogen and oxygen atoms in total. The van der Waals surface area contributed by atoms with Crippen molar-refractivity contribution in [1.82, 2.24) is 15.3 Å². The maximum absolute atomic E-state index is 12.0. The van der Waals surface area contributed by atoms with Crippen molar-refractivity contribution in [3.63, 3.8) is 0 Å². The largest absolute Gasteiger partial charge is 0.316 e. The first kappa shape index (κ1) is 11.5. The van der Waals surface area contributed by atoms with Crippen molar-refractivity contribution in [2.75, 3.05) is 18.8 Å². The van der Waals surface area contributed by atoms with Crippen molar-refractivity contribution in [1.29, 1.82) is 0 Å². The summed E-state index contributed by atoms with van der Waals surface area (Å²) < 4.78 is 24.0. The van der Waals surface area contributed by atoms with E-state index in [-0.39, 0.29) is 16.8 Å². The molecule has 0 bridgehead atoms. The fraction of sp³-hybridized carbons (Fsp3) is 0.600. The molecule has 1 aromatic rings. The SMILES string of the molecule is Cc1ccnc(S(=O)(=O)C[C@@H]2CCNC2)n1. The quantitative estimate of drug-likeness (QED) is 0.764. The van der Waals surface area contributed by atoms with Gasteiger partial charge in [-0.15, -0.1) is 0 Å². The van der Waals surface area contributed by atoms with Crippen molar-refractivity contribution in [3.05, 3.63) is 18.0 Å². The molecule has 2 rings (SSSR count). The van der Waals surface area contributed by atoms with Gasteiger partial charge in [0.05, 0.1) is 5.75 Å². The molecule has 88 valence electrons. The Balaban J connectivity index is 2.18. The zero-order valence-corrected chi connectivity index (χ0v) is 10.00. The number of nitrogens with one attached hydrogen (secondary N) is 1. The highest BCUT2D eigenvalue weighted by atomic mass is 32.2. The lowest BCUT2D eigenvalue weighted by molar-refractivity contribution is 0.562. The molecule has 0 amide bonds. The average molecular weight is 241 g/mol. The van der Waals surface area contributed by atoms with Crippen molar-refractivity contribution in [2.45, 2.75) is 18.5 Å². The number of aryl methyl sites for hydroxylation is 1. The van der Waals surface area contributed by atoms with Gasteiger partial charge in [0.2, 0.25) is 15.0 Å². The molecular formula is C10H15N3O2S. The summed E-state index contributed by atoms with van der Waals surface area (Å²) in [5.74, 6) is 0.331. The summed E-state index contributed by atoms with van der Waals surface area (Å²) in [7, 11) is -3.33. The van der Waals surface area contributed by atoms with E-state index in [0.717, 1.165) is 19.5 Å². The molecule has 6 heteroatoms. The third-order valence-corrected chi connectivity index (χ3v) is 4.33. The van der Waals surface area contributed by atoms with Gasteiger partial charge in [-0.25, -0.2) is 18.4 Å². The Morgan fingerprint density at radius 1 is 1.56 bits per heavy atom. The molecule has 1 saturated heterocycles. The molecule has 0 unspecified atom stereocenters. The minimum atomic E-state index is -3.33. The number of hydrogen-bond acceptors (Lipinski definition) is 5. The first-order chi connectivity index (χ1) is 7.58. The molecule has 0 aromatic carbocycles. The third-order valence-electron chi connectivity index (χ3n) is 2.67. The molecule has 0 radical (unpaired) electrons. The van der Waals surface area contributed by atoms with Gasteiger partial charge < -0.3 is 5.32 Å². The lowest BCUT2D eigenvalue weighted by atomic mass is 10.2. The number of nitrogens with zero attached hydrogens (tertiary/aromatic N) is 2. The van der Waals surface area contributed by atoms with E-state index >= 15 is 0 Å². The van der Waals surface area contributed by atoms with E-state index in [1.807, 2.05) is 0 Å². The molecule has 1 aliphatic rings. The van der Waals surface area contributed by atoms with E-state index in [2.05, 4.69) is 15.3 Å². The van der Waals surface area contributed by atoms with Gasteiger partial charge in [-0.1, -0.05) is 0 Å². The summed E-state index contributed by atoms with van der Waals surface area (Å²) in [6.07, 6.45) is 2.40. The van der Waals surface area contributed by atoms with E-state index in [1.54, 1.807) is 13.0 Å². The Hall–Kier alpha value is -1.01. The third kappa shape index (κ3) is 2.56. The summed E-state index contributed by atoms with van der Waals surface area (Å²) in [6.45, 7) is 3.43. The van der Waals surface area contributed by atoms with E-state index < -0.39 is 9.84 Å². The number of aromatic nitrogens is 2. The lowest BCUT2D eigenvalue weighted by Crippen LogP contribution is -2.20. The van der Waals surface area contributed by atoms with Gasteiger partial charge in [-0.2, -0.15) is 0 Å². The highest BCUT2D eigenvalue weighted by Crippen LogP contribution is 2.14. The molecule has 16 heavy (non-hydrogen) atoms. The average Bonchev–Trinajstić information content (AvgIpc) is 2.70. The number of sulfone groups is 1. The smallest absolute Gasteiger partial charge is 0.247 e. The fourth-order valence-electron chi connectivity index (χ4n) is 1.82. The maximum Gasteiger partial charge on any atom is 0.247 e. The van der Waals surface area contributed by atoms with Crippen LogP contribution in [0.5, 0.6) is 0 Å². The Morgan fingerprint density at radius 3 is 3.00 bits per heavy atom. The Morgan fingerprint density at radius 2 is 2.38 bits per heavy atom. The van der Waals surface area contributed by atoms with Crippen LogP contribution in [0.4, 0.5) is 0 Å². The fourth-order valence-corrected chi connectivity index (χ4v) is 3.38. The van der Waals surface area contributed by atoms with E-state index in [9.17, 15) is 8.42 Å². The van der Waals surface area contributed by atoms with Crippen molar-refractivity contribution < 1.29 is 8.42 Å². The predicted octanol–water partition coefficient (Wildman–Crippen LogP) is 0.168. The van der Waals surface area contributed by atoms with Gasteiger partial charge >= 0.3 is 0 Å². The van der Waals surface area contributed by atoms with Crippen LogP contribution in [0, 0.1) is 12.8 Å². The number of rotatable bonds is 3. The zero-order valence-electron chi connectivity index (χ0n) is 9.18. The monoisotopic (exact) mass is 241 g/mol. The van der Waals surface area contributed by atoms with E-state index in [1.165, 1.54) is 6.20 Å². The van der Waals surface area contributed by atoms with Crippen LogP contribution < -0.4 is 5.32 Å². The predicted molar refractivity (Wildman–Crippen MR) is 59.8 cm³/mol. The number of hydrogen-bond donors (Lipinski definition) is 1. The van der Waals surface area contributed by atoms with Crippen LogP contribution in [0.1, 0.15) is 12.1 Å². The van der Waals surface area contributed by atoms with Crippen LogP contribution in [0.25, 0.3) is 0 Å². The molecule has 2 heterocycles. The highest BCUT2D eigenvalue weighted by Gasteiger charge is 2.25. The second-order valence-corrected chi connectivity index (χ2v) is 6.05. The van der Waals surface area contributed by atoms with Gasteiger partial charge in [0.25, 0.3) is 0 Å². The molecule has 0 aliphatic carbocycles. The van der Waals surface area contributed by atoms with Crippen molar-refractivity contribution in [2.24, 2.45) is 5.92 Å². The Bertz CT molecular complexity index is 467. The van der Waals surface area contributed by atoms with Gasteiger partial charge in [0, 0.05) is 11.9 Å². The summed E-state index contributed by atoms with van der Waals surface area (Å²) in [5.41, 5.74) is 0.679. The highest BCUT2D eigenvalue weighted by molar-refractivity contribution is 7.91. The van der Waals surface area contributed by atoms with Crippen LogP contribution in [-0.4, -0.2) is 37.2 Å². The summed E-state index contributed by atoms with van der Waals surface area (Å²) in [6, 6.07) is 1.69. The molecule has 0 spiro atoms. The van der Waals surface area contributed by atoms with Crippen molar-refractivity contribution >= 4 is 9.84 Å². The molecule has 0 saturated carbocycles. The summed E-state index contributed by atoms with van der Waals surface area (Å²) in [5, 5.41) is 3.11. The van der Waals surface area contributed by atoms with E-state index in [0.29, 0.717) is 5.69 Å². The zero-order chi connectivity index (χ0) is 11.6. The molecule has 1 atom stereocenters. The second kappa shape index (κ2) is 4.47. The van der Waals surface area contributed by atoms with Gasteiger partial charge in [-0.05, 0) is 38.4 Å². The van der Waals surface area contributed by atoms with Crippen LogP contribution in [0.2, 0.25) is 0 Å². The topological polar surface area (TPSA) is 72.0 Å². The Labute approximate surface area is 95.2 Å². The summed E-state index contributed by atoms with van der Waals surface area (Å²) in [4.78, 5) is 7.80. The molecular weight excluding hydrogens is 226 g/mol. The first-order valence-electron chi connectivity index (χ1n) is 5.31. The van der Waals surface area contributed by atoms with Crippen LogP contribution in [0.3, 0.4) is 0 Å². The molecule has 1 N–H and O–H groups in total. The van der Waals surface area contributed by atoms with Crippen LogP contribution in [-0.2, 0) is 9.84 Å². The van der Waals surface area contributed by atoms with Crippen LogP contribution >= 0.6 is 0 Å². The molecule has 1 fully saturated rings. The standard InChI is InChI=1S/C10H15N3O2S/c1-8-2-5-12-10(13-8)16(14,15)7-9-3-4-11-6-9/h2,5,9,11H,3-4,6-7H2,1H3/t9-/m1/s1. The molecule has 1 aliphatic heterocycles. The first-order valence-corrected chi connectivity index (χ1v) is 6.96.